The van der Waals surface area contributed by atoms with Crippen LogP contribution in [0.25, 0.3) is 0 Å². The van der Waals surface area contributed by atoms with Crippen LogP contribution in [-0.4, -0.2) is 33.4 Å². The molecule has 4 bridgehead atoms. The van der Waals surface area contributed by atoms with Crippen molar-refractivity contribution in [1.29, 1.82) is 0 Å². The fourth-order valence-electron chi connectivity index (χ4n) is 5.50. The van der Waals surface area contributed by atoms with Gasteiger partial charge in [-0.05, 0) is 55.4 Å². The number of nitrogens with one attached hydrogen (secondary N) is 1. The van der Waals surface area contributed by atoms with Crippen LogP contribution in [0.2, 0.25) is 0 Å². The SMILES string of the molecule is O=C(NC1(C(=O)O)C2CC3CC1CC(O)(C3)C2)OCc1ccccc1. The summed E-state index contributed by atoms with van der Waals surface area (Å²) in [6.45, 7) is 0.101. The van der Waals surface area contributed by atoms with E-state index in [9.17, 15) is 19.8 Å². The molecule has 25 heavy (non-hydrogen) atoms. The largest absolute Gasteiger partial charge is 0.479 e. The van der Waals surface area contributed by atoms with Crippen LogP contribution in [0.15, 0.2) is 30.3 Å². The molecular weight excluding hydrogens is 322 g/mol. The van der Waals surface area contributed by atoms with Crippen molar-refractivity contribution in [3.63, 3.8) is 0 Å². The zero-order valence-corrected chi connectivity index (χ0v) is 14.0. The molecule has 2 unspecified atom stereocenters. The van der Waals surface area contributed by atoms with Gasteiger partial charge in [0, 0.05) is 0 Å². The summed E-state index contributed by atoms with van der Waals surface area (Å²) < 4.78 is 5.26. The van der Waals surface area contributed by atoms with Crippen LogP contribution in [0.5, 0.6) is 0 Å². The van der Waals surface area contributed by atoms with Gasteiger partial charge < -0.3 is 20.3 Å². The van der Waals surface area contributed by atoms with Gasteiger partial charge in [-0.15, -0.1) is 0 Å². The third kappa shape index (κ3) is 2.68. The second-order valence-electron chi connectivity index (χ2n) is 7.93. The first-order chi connectivity index (χ1) is 11.9. The van der Waals surface area contributed by atoms with Gasteiger partial charge in [0.25, 0.3) is 0 Å². The fraction of sp³-hybridized carbons (Fsp3) is 0.579. The Morgan fingerprint density at radius 2 is 1.76 bits per heavy atom. The lowest BCUT2D eigenvalue weighted by molar-refractivity contribution is -0.189. The summed E-state index contributed by atoms with van der Waals surface area (Å²) in [6, 6.07) is 9.28. The number of rotatable bonds is 4. The second-order valence-corrected chi connectivity index (χ2v) is 7.93. The molecule has 0 heterocycles. The molecule has 6 heteroatoms. The minimum Gasteiger partial charge on any atom is -0.479 e. The normalized spacial score (nSPS) is 38.4. The number of hydrogen-bond donors (Lipinski definition) is 3. The molecule has 3 N–H and O–H groups in total. The first kappa shape index (κ1) is 16.4. The van der Waals surface area contributed by atoms with Crippen molar-refractivity contribution < 1.29 is 24.5 Å². The summed E-state index contributed by atoms with van der Waals surface area (Å²) in [5, 5.41) is 23.3. The fourth-order valence-corrected chi connectivity index (χ4v) is 5.50. The van der Waals surface area contributed by atoms with Crippen molar-refractivity contribution in [2.45, 2.75) is 49.9 Å². The second kappa shape index (κ2) is 5.73. The molecule has 4 aliphatic rings. The highest BCUT2D eigenvalue weighted by molar-refractivity contribution is 5.85. The Labute approximate surface area is 146 Å². The minimum atomic E-state index is -1.32. The van der Waals surface area contributed by atoms with Gasteiger partial charge in [0.05, 0.1) is 5.60 Å². The van der Waals surface area contributed by atoms with E-state index in [1.807, 2.05) is 30.3 Å². The third-order valence-corrected chi connectivity index (χ3v) is 6.32. The van der Waals surface area contributed by atoms with Crippen LogP contribution in [0.1, 0.15) is 37.7 Å². The number of ether oxygens (including phenoxy) is 1. The molecule has 0 radical (unpaired) electrons. The van der Waals surface area contributed by atoms with Gasteiger partial charge in [-0.3, -0.25) is 0 Å². The van der Waals surface area contributed by atoms with E-state index < -0.39 is 23.2 Å². The van der Waals surface area contributed by atoms with E-state index in [4.69, 9.17) is 4.74 Å². The van der Waals surface area contributed by atoms with E-state index in [1.165, 1.54) is 0 Å². The molecule has 4 aliphatic carbocycles. The highest BCUT2D eigenvalue weighted by Crippen LogP contribution is 2.60. The summed E-state index contributed by atoms with van der Waals surface area (Å²) in [5.41, 5.74) is -1.23. The Kier molecular flexibility index (Phi) is 3.76. The Balaban J connectivity index is 1.50. The molecule has 4 saturated carbocycles. The maximum atomic E-state index is 12.3. The molecule has 2 atom stereocenters. The van der Waals surface area contributed by atoms with Crippen LogP contribution in [0.4, 0.5) is 4.79 Å². The molecule has 5 rings (SSSR count). The maximum absolute atomic E-state index is 12.3. The van der Waals surface area contributed by atoms with Crippen LogP contribution in [0, 0.1) is 17.8 Å². The molecule has 0 aromatic heterocycles. The van der Waals surface area contributed by atoms with E-state index in [-0.39, 0.29) is 18.4 Å². The van der Waals surface area contributed by atoms with Gasteiger partial charge in [-0.25, -0.2) is 9.59 Å². The minimum absolute atomic E-state index is 0.101. The number of carbonyl (C=O) groups is 2. The van der Waals surface area contributed by atoms with Gasteiger partial charge in [0.15, 0.2) is 0 Å². The summed E-state index contributed by atoms with van der Waals surface area (Å²) in [7, 11) is 0. The van der Waals surface area contributed by atoms with Crippen LogP contribution in [0.3, 0.4) is 0 Å². The molecule has 4 fully saturated rings. The zero-order chi connectivity index (χ0) is 17.7. The molecule has 134 valence electrons. The third-order valence-electron chi connectivity index (χ3n) is 6.32. The topological polar surface area (TPSA) is 95.9 Å². The molecule has 0 aliphatic heterocycles. The lowest BCUT2D eigenvalue weighted by atomic mass is 9.47. The number of aliphatic carboxylic acids is 1. The number of carboxylic acids is 1. The van der Waals surface area contributed by atoms with E-state index >= 15 is 0 Å². The molecule has 0 spiro atoms. The average Bonchev–Trinajstić information content (AvgIpc) is 2.55. The highest BCUT2D eigenvalue weighted by Gasteiger charge is 2.66. The zero-order valence-electron chi connectivity index (χ0n) is 14.0. The predicted octanol–water partition coefficient (Wildman–Crippen LogP) is 2.31. The molecule has 1 aromatic carbocycles. The van der Waals surface area contributed by atoms with Gasteiger partial charge >= 0.3 is 12.1 Å². The number of hydrogen-bond acceptors (Lipinski definition) is 4. The van der Waals surface area contributed by atoms with Crippen LogP contribution >= 0.6 is 0 Å². The van der Waals surface area contributed by atoms with Gasteiger partial charge in [0.1, 0.15) is 12.1 Å². The Morgan fingerprint density at radius 1 is 1.12 bits per heavy atom. The van der Waals surface area contributed by atoms with E-state index in [0.29, 0.717) is 18.8 Å². The molecular formula is C19H23NO5. The Morgan fingerprint density at radius 3 is 2.32 bits per heavy atom. The maximum Gasteiger partial charge on any atom is 0.408 e. The smallest absolute Gasteiger partial charge is 0.408 e. The highest BCUT2D eigenvalue weighted by atomic mass is 16.5. The Bertz CT molecular complexity index is 672. The summed E-state index contributed by atoms with van der Waals surface area (Å²) in [4.78, 5) is 24.5. The number of amides is 1. The first-order valence-electron chi connectivity index (χ1n) is 8.86. The van der Waals surface area contributed by atoms with E-state index in [1.54, 1.807) is 0 Å². The number of carbonyl (C=O) groups excluding carboxylic acids is 1. The quantitative estimate of drug-likeness (QED) is 0.778. The first-order valence-corrected chi connectivity index (χ1v) is 8.86. The standard InChI is InChI=1S/C19H23NO5/c21-16(22)19(20-17(23)25-11-12-4-2-1-3-5-12)14-6-13-7-15(19)10-18(24,8-13)9-14/h1-5,13-15,24H,6-11H2,(H,20,23)(H,21,22). The van der Waals surface area contributed by atoms with Gasteiger partial charge in [-0.2, -0.15) is 0 Å². The van der Waals surface area contributed by atoms with Crippen molar-refractivity contribution in [3.05, 3.63) is 35.9 Å². The van der Waals surface area contributed by atoms with Gasteiger partial charge in [0.2, 0.25) is 0 Å². The molecule has 1 amide bonds. The van der Waals surface area contributed by atoms with Crippen molar-refractivity contribution in [2.75, 3.05) is 0 Å². The van der Waals surface area contributed by atoms with Crippen molar-refractivity contribution in [1.82, 2.24) is 5.32 Å². The van der Waals surface area contributed by atoms with Crippen molar-refractivity contribution in [2.24, 2.45) is 17.8 Å². The predicted molar refractivity (Wildman–Crippen MR) is 88.6 cm³/mol. The summed E-state index contributed by atoms with van der Waals surface area (Å²) >= 11 is 0. The molecule has 0 saturated heterocycles. The average molecular weight is 345 g/mol. The van der Waals surface area contributed by atoms with Crippen molar-refractivity contribution in [3.8, 4) is 0 Å². The Hall–Kier alpha value is -2.08. The lowest BCUT2D eigenvalue weighted by Gasteiger charge is -2.61. The summed E-state index contributed by atoms with van der Waals surface area (Å²) in [6.07, 6.45) is 2.41. The van der Waals surface area contributed by atoms with E-state index in [2.05, 4.69) is 5.32 Å². The van der Waals surface area contributed by atoms with Crippen molar-refractivity contribution >= 4 is 12.1 Å². The molecule has 1 aromatic rings. The van der Waals surface area contributed by atoms with Gasteiger partial charge in [-0.1, -0.05) is 30.3 Å². The summed E-state index contributed by atoms with van der Waals surface area (Å²) in [5.74, 6) is -1.14. The number of benzene rings is 1. The van der Waals surface area contributed by atoms with Crippen LogP contribution in [-0.2, 0) is 16.1 Å². The van der Waals surface area contributed by atoms with E-state index in [0.717, 1.165) is 24.8 Å². The lowest BCUT2D eigenvalue weighted by Crippen LogP contribution is -2.73. The van der Waals surface area contributed by atoms with Crippen LogP contribution < -0.4 is 5.32 Å². The monoisotopic (exact) mass is 345 g/mol. The number of carboxylic acid groups (broad SMARTS) is 1. The molecule has 6 nitrogen and oxygen atoms in total. The number of alkyl carbamates (subject to hydrolysis) is 1. The number of aliphatic hydroxyl groups is 1.